The largest absolute Gasteiger partial charge is 0.356 e. The molecule has 0 unspecified atom stereocenters. The van der Waals surface area contributed by atoms with Crippen LogP contribution in [-0.2, 0) is 6.42 Å². The molecule has 2 rings (SSSR count). The Morgan fingerprint density at radius 3 is 2.43 bits per heavy atom. The lowest BCUT2D eigenvalue weighted by Gasteiger charge is -2.34. The SMILES string of the molecule is CCN1CCN(CCNC(=NC)NCC(C)(C)Cc2cccc(Cl)c2)CC1.I. The molecule has 28 heavy (non-hydrogen) atoms. The molecule has 0 atom stereocenters. The predicted molar refractivity (Wildman–Crippen MR) is 132 cm³/mol. The second-order valence-electron chi connectivity index (χ2n) is 8.10. The van der Waals surface area contributed by atoms with E-state index in [9.17, 15) is 0 Å². The van der Waals surface area contributed by atoms with E-state index in [0.29, 0.717) is 0 Å². The molecule has 2 N–H and O–H groups in total. The summed E-state index contributed by atoms with van der Waals surface area (Å²) in [5.74, 6) is 0.876. The number of nitrogens with zero attached hydrogens (tertiary/aromatic N) is 3. The Bertz CT molecular complexity index is 600. The van der Waals surface area contributed by atoms with Crippen molar-refractivity contribution in [1.82, 2.24) is 20.4 Å². The molecule has 1 heterocycles. The van der Waals surface area contributed by atoms with Gasteiger partial charge >= 0.3 is 0 Å². The molecule has 7 heteroatoms. The Kier molecular flexibility index (Phi) is 11.7. The van der Waals surface area contributed by atoms with Gasteiger partial charge in [0, 0.05) is 57.9 Å². The van der Waals surface area contributed by atoms with Gasteiger partial charge in [-0.15, -0.1) is 24.0 Å². The highest BCUT2D eigenvalue weighted by Gasteiger charge is 2.19. The first-order chi connectivity index (χ1) is 12.9. The van der Waals surface area contributed by atoms with Crippen molar-refractivity contribution in [3.05, 3.63) is 34.9 Å². The number of hydrogen-bond donors (Lipinski definition) is 2. The molecular formula is C21H37ClIN5. The van der Waals surface area contributed by atoms with Crippen LogP contribution in [-0.4, -0.2) is 75.2 Å². The summed E-state index contributed by atoms with van der Waals surface area (Å²) in [6.45, 7) is 15.4. The van der Waals surface area contributed by atoms with Gasteiger partial charge < -0.3 is 15.5 Å². The Morgan fingerprint density at radius 1 is 1.14 bits per heavy atom. The van der Waals surface area contributed by atoms with E-state index in [1.54, 1.807) is 0 Å². The second-order valence-corrected chi connectivity index (χ2v) is 8.54. The lowest BCUT2D eigenvalue weighted by atomic mass is 9.86. The summed E-state index contributed by atoms with van der Waals surface area (Å²) in [4.78, 5) is 9.40. The van der Waals surface area contributed by atoms with Gasteiger partial charge in [0.15, 0.2) is 5.96 Å². The van der Waals surface area contributed by atoms with Gasteiger partial charge in [0.1, 0.15) is 0 Å². The molecule has 0 aromatic heterocycles. The van der Waals surface area contributed by atoms with Gasteiger partial charge in [-0.25, -0.2) is 0 Å². The fourth-order valence-electron chi connectivity index (χ4n) is 3.47. The topological polar surface area (TPSA) is 42.9 Å². The van der Waals surface area contributed by atoms with Crippen LogP contribution in [0.25, 0.3) is 0 Å². The molecule has 160 valence electrons. The molecule has 0 aliphatic carbocycles. The van der Waals surface area contributed by atoms with Crippen LogP contribution in [0.3, 0.4) is 0 Å². The van der Waals surface area contributed by atoms with Crippen molar-refractivity contribution >= 4 is 41.5 Å². The van der Waals surface area contributed by atoms with Gasteiger partial charge in [-0.2, -0.15) is 0 Å². The average Bonchev–Trinajstić information content (AvgIpc) is 2.64. The molecule has 1 aromatic rings. The van der Waals surface area contributed by atoms with Crippen molar-refractivity contribution in [1.29, 1.82) is 0 Å². The Morgan fingerprint density at radius 2 is 1.82 bits per heavy atom. The molecule has 1 aliphatic rings. The first-order valence-electron chi connectivity index (χ1n) is 10.1. The van der Waals surface area contributed by atoms with E-state index >= 15 is 0 Å². The molecule has 0 saturated carbocycles. The predicted octanol–water partition coefficient (Wildman–Crippen LogP) is 3.33. The first kappa shape index (κ1) is 25.5. The molecule has 0 amide bonds. The minimum Gasteiger partial charge on any atom is -0.356 e. The Hall–Kier alpha value is -0.570. The number of halogens is 2. The Labute approximate surface area is 193 Å². The van der Waals surface area contributed by atoms with Gasteiger partial charge in [-0.3, -0.25) is 9.89 Å². The summed E-state index contributed by atoms with van der Waals surface area (Å²) in [5.41, 5.74) is 1.38. The third-order valence-corrected chi connectivity index (χ3v) is 5.40. The van der Waals surface area contributed by atoms with E-state index < -0.39 is 0 Å². The smallest absolute Gasteiger partial charge is 0.191 e. The van der Waals surface area contributed by atoms with Crippen LogP contribution in [0.2, 0.25) is 5.02 Å². The van der Waals surface area contributed by atoms with Gasteiger partial charge in [-0.05, 0) is 36.1 Å². The normalized spacial score (nSPS) is 16.5. The number of hydrogen-bond acceptors (Lipinski definition) is 3. The highest BCUT2D eigenvalue weighted by atomic mass is 127. The summed E-state index contributed by atoms with van der Waals surface area (Å²) in [5, 5.41) is 7.73. The fraction of sp³-hybridized carbons (Fsp3) is 0.667. The highest BCUT2D eigenvalue weighted by Crippen LogP contribution is 2.22. The number of benzene rings is 1. The van der Waals surface area contributed by atoms with Crippen LogP contribution in [0, 0.1) is 5.41 Å². The van der Waals surface area contributed by atoms with E-state index in [1.807, 2.05) is 19.2 Å². The number of piperazine rings is 1. The van der Waals surface area contributed by atoms with Gasteiger partial charge in [0.05, 0.1) is 0 Å². The summed E-state index contributed by atoms with van der Waals surface area (Å²) in [7, 11) is 1.83. The van der Waals surface area contributed by atoms with Crippen LogP contribution in [0.5, 0.6) is 0 Å². The zero-order chi connectivity index (χ0) is 19.7. The maximum Gasteiger partial charge on any atom is 0.191 e. The van der Waals surface area contributed by atoms with E-state index in [1.165, 1.54) is 18.7 Å². The average molecular weight is 522 g/mol. The van der Waals surface area contributed by atoms with Crippen LogP contribution in [0.1, 0.15) is 26.3 Å². The maximum absolute atomic E-state index is 6.11. The van der Waals surface area contributed by atoms with Gasteiger partial charge in [-0.1, -0.05) is 44.5 Å². The van der Waals surface area contributed by atoms with Crippen molar-refractivity contribution in [3.63, 3.8) is 0 Å². The third kappa shape index (κ3) is 9.29. The van der Waals surface area contributed by atoms with Gasteiger partial charge in [0.2, 0.25) is 0 Å². The molecule has 5 nitrogen and oxygen atoms in total. The standard InChI is InChI=1S/C21H36ClN5.HI/c1-5-26-11-13-27(14-12-26)10-9-24-20(23-4)25-17-21(2,3)16-18-7-6-8-19(22)15-18;/h6-8,15H,5,9-14,16-17H2,1-4H3,(H2,23,24,25);1H. The van der Waals surface area contributed by atoms with Crippen LogP contribution < -0.4 is 10.6 Å². The minimum absolute atomic E-state index is 0. The zero-order valence-corrected chi connectivity index (χ0v) is 20.9. The van der Waals surface area contributed by atoms with Crippen molar-refractivity contribution < 1.29 is 0 Å². The second kappa shape index (κ2) is 12.9. The highest BCUT2D eigenvalue weighted by molar-refractivity contribution is 14.0. The summed E-state index contributed by atoms with van der Waals surface area (Å²) < 4.78 is 0. The van der Waals surface area contributed by atoms with Gasteiger partial charge in [0.25, 0.3) is 0 Å². The van der Waals surface area contributed by atoms with E-state index in [-0.39, 0.29) is 29.4 Å². The molecule has 0 spiro atoms. The molecule has 1 aromatic carbocycles. The van der Waals surface area contributed by atoms with Crippen LogP contribution in [0.4, 0.5) is 0 Å². The lowest BCUT2D eigenvalue weighted by Crippen LogP contribution is -2.49. The fourth-order valence-corrected chi connectivity index (χ4v) is 3.68. The number of likely N-dealkylation sites (N-methyl/N-ethyl adjacent to an activating group) is 1. The number of aliphatic imine (C=N–C) groups is 1. The van der Waals surface area contributed by atoms with Crippen molar-refractivity contribution in [3.8, 4) is 0 Å². The molecular weight excluding hydrogens is 485 g/mol. The van der Waals surface area contributed by atoms with Crippen molar-refractivity contribution in [2.45, 2.75) is 27.2 Å². The summed E-state index contributed by atoms with van der Waals surface area (Å²) >= 11 is 6.11. The summed E-state index contributed by atoms with van der Waals surface area (Å²) in [6.07, 6.45) is 0.971. The molecule has 1 fully saturated rings. The molecule has 0 bridgehead atoms. The zero-order valence-electron chi connectivity index (χ0n) is 17.8. The van der Waals surface area contributed by atoms with E-state index in [0.717, 1.165) is 56.7 Å². The number of nitrogens with one attached hydrogen (secondary N) is 2. The third-order valence-electron chi connectivity index (χ3n) is 5.16. The molecule has 1 saturated heterocycles. The van der Waals surface area contributed by atoms with Crippen molar-refractivity contribution in [2.75, 3.05) is 59.4 Å². The minimum atomic E-state index is 0. The quantitative estimate of drug-likeness (QED) is 0.313. The monoisotopic (exact) mass is 521 g/mol. The van der Waals surface area contributed by atoms with Crippen LogP contribution in [0.15, 0.2) is 29.3 Å². The molecule has 1 aliphatic heterocycles. The number of guanidine groups is 1. The van der Waals surface area contributed by atoms with E-state index in [2.05, 4.69) is 58.3 Å². The maximum atomic E-state index is 6.11. The lowest BCUT2D eigenvalue weighted by molar-refractivity contribution is 0.139. The summed E-state index contributed by atoms with van der Waals surface area (Å²) in [6, 6.07) is 8.12. The van der Waals surface area contributed by atoms with Crippen molar-refractivity contribution in [2.24, 2.45) is 10.4 Å². The number of rotatable bonds is 8. The molecule has 0 radical (unpaired) electrons. The Balaban J connectivity index is 0.00000392. The van der Waals surface area contributed by atoms with Crippen LogP contribution >= 0.6 is 35.6 Å². The first-order valence-corrected chi connectivity index (χ1v) is 10.4. The van der Waals surface area contributed by atoms with E-state index in [4.69, 9.17) is 11.6 Å².